The predicted molar refractivity (Wildman–Crippen MR) is 98.3 cm³/mol. The van der Waals surface area contributed by atoms with Gasteiger partial charge in [-0.05, 0) is 38.5 Å². The molecular formula is C18H22BrN3O4. The van der Waals surface area contributed by atoms with Crippen molar-refractivity contribution in [2.24, 2.45) is 0 Å². The maximum atomic E-state index is 12.9. The monoisotopic (exact) mass is 423 g/mol. The highest BCUT2D eigenvalue weighted by atomic mass is 79.9. The fraction of sp³-hybridized carbons (Fsp3) is 0.500. The number of nitrogens with zero attached hydrogens (tertiary/aromatic N) is 2. The number of benzene rings is 1. The Bertz CT molecular complexity index is 746. The lowest BCUT2D eigenvalue weighted by atomic mass is 9.92. The Morgan fingerprint density at radius 1 is 1.31 bits per heavy atom. The number of halogens is 1. The van der Waals surface area contributed by atoms with Gasteiger partial charge < -0.3 is 15.0 Å². The topological polar surface area (TPSA) is 79.0 Å². The molecule has 0 aromatic heterocycles. The zero-order valence-corrected chi connectivity index (χ0v) is 16.6. The molecule has 26 heavy (non-hydrogen) atoms. The van der Waals surface area contributed by atoms with Gasteiger partial charge in [-0.15, -0.1) is 0 Å². The van der Waals surface area contributed by atoms with Crippen molar-refractivity contribution in [3.63, 3.8) is 0 Å². The Morgan fingerprint density at radius 2 is 1.96 bits per heavy atom. The quantitative estimate of drug-likeness (QED) is 0.752. The van der Waals surface area contributed by atoms with E-state index in [0.717, 1.165) is 9.37 Å². The summed E-state index contributed by atoms with van der Waals surface area (Å²) in [7, 11) is 0. The molecule has 0 aliphatic carbocycles. The molecule has 4 amide bonds. The molecule has 0 saturated carbocycles. The van der Waals surface area contributed by atoms with Crippen LogP contribution in [0.1, 0.15) is 26.3 Å². The Kier molecular flexibility index (Phi) is 5.07. The van der Waals surface area contributed by atoms with Crippen LogP contribution in [-0.2, 0) is 19.9 Å². The maximum Gasteiger partial charge on any atom is 0.325 e. The highest BCUT2D eigenvalue weighted by Crippen LogP contribution is 2.30. The molecule has 2 heterocycles. The van der Waals surface area contributed by atoms with Crippen LogP contribution in [0.3, 0.4) is 0 Å². The van der Waals surface area contributed by atoms with Crippen molar-refractivity contribution < 1.29 is 19.1 Å². The van der Waals surface area contributed by atoms with E-state index in [4.69, 9.17) is 4.74 Å². The first-order valence-corrected chi connectivity index (χ1v) is 9.33. The van der Waals surface area contributed by atoms with E-state index < -0.39 is 17.5 Å². The van der Waals surface area contributed by atoms with Crippen LogP contribution < -0.4 is 5.32 Å². The molecular weight excluding hydrogens is 402 g/mol. The number of carbonyl (C=O) groups is 3. The number of urea groups is 1. The fourth-order valence-electron chi connectivity index (χ4n) is 3.45. The molecule has 2 aliphatic heterocycles. The molecule has 8 heteroatoms. The molecule has 2 saturated heterocycles. The molecule has 1 N–H and O–H groups in total. The van der Waals surface area contributed by atoms with Crippen LogP contribution >= 0.6 is 15.9 Å². The molecule has 7 nitrogen and oxygen atoms in total. The second-order valence-electron chi connectivity index (χ2n) is 7.01. The van der Waals surface area contributed by atoms with Crippen LogP contribution in [-0.4, -0.2) is 59.5 Å². The van der Waals surface area contributed by atoms with Crippen LogP contribution in [0.15, 0.2) is 28.7 Å². The first-order valence-electron chi connectivity index (χ1n) is 8.54. The van der Waals surface area contributed by atoms with Gasteiger partial charge in [0.05, 0.1) is 12.2 Å². The zero-order chi connectivity index (χ0) is 19.1. The van der Waals surface area contributed by atoms with Gasteiger partial charge in [0.25, 0.3) is 5.91 Å². The van der Waals surface area contributed by atoms with E-state index >= 15 is 0 Å². The molecule has 3 unspecified atom stereocenters. The third-order valence-electron chi connectivity index (χ3n) is 4.74. The normalized spacial score (nSPS) is 29.1. The van der Waals surface area contributed by atoms with Gasteiger partial charge in [0.1, 0.15) is 12.1 Å². The van der Waals surface area contributed by atoms with Crippen molar-refractivity contribution in [1.82, 2.24) is 15.1 Å². The number of nitrogens with one attached hydrogen (secondary N) is 1. The number of amides is 4. The number of rotatable bonds is 3. The highest BCUT2D eigenvalue weighted by molar-refractivity contribution is 9.10. The van der Waals surface area contributed by atoms with E-state index in [1.165, 1.54) is 0 Å². The highest BCUT2D eigenvalue weighted by Gasteiger charge is 2.49. The van der Waals surface area contributed by atoms with Crippen molar-refractivity contribution in [3.05, 3.63) is 34.3 Å². The Morgan fingerprint density at radius 3 is 2.58 bits per heavy atom. The summed E-state index contributed by atoms with van der Waals surface area (Å²) in [5.41, 5.74) is -0.527. The minimum Gasteiger partial charge on any atom is -0.372 e. The van der Waals surface area contributed by atoms with Gasteiger partial charge >= 0.3 is 6.03 Å². The molecule has 1 aromatic rings. The van der Waals surface area contributed by atoms with Crippen LogP contribution in [0, 0.1) is 0 Å². The number of imide groups is 1. The predicted octanol–water partition coefficient (Wildman–Crippen LogP) is 1.85. The third-order valence-corrected chi connectivity index (χ3v) is 5.24. The van der Waals surface area contributed by atoms with E-state index in [2.05, 4.69) is 21.2 Å². The maximum absolute atomic E-state index is 12.9. The van der Waals surface area contributed by atoms with Gasteiger partial charge in [-0.2, -0.15) is 0 Å². The summed E-state index contributed by atoms with van der Waals surface area (Å²) in [5, 5.41) is 2.72. The lowest BCUT2D eigenvalue weighted by Gasteiger charge is -2.35. The summed E-state index contributed by atoms with van der Waals surface area (Å²) in [6.45, 7) is 6.08. The van der Waals surface area contributed by atoms with Crippen molar-refractivity contribution in [3.8, 4) is 0 Å². The third kappa shape index (κ3) is 3.48. The molecule has 0 radical (unpaired) electrons. The van der Waals surface area contributed by atoms with Gasteiger partial charge in [-0.25, -0.2) is 4.79 Å². The number of hydrogen-bond donors (Lipinski definition) is 1. The van der Waals surface area contributed by atoms with Crippen molar-refractivity contribution >= 4 is 33.8 Å². The largest absolute Gasteiger partial charge is 0.372 e. The van der Waals surface area contributed by atoms with E-state index in [0.29, 0.717) is 18.7 Å². The minimum absolute atomic E-state index is 0.0715. The standard InChI is InChI=1S/C18H22BrN3O4/c1-11-8-21(9-12(2)26-11)15(23)10-22-16(24)18(3,20-17(22)25)13-5-4-6-14(19)7-13/h4-7,11-12H,8-10H2,1-3H3,(H,20,25). The molecule has 0 bridgehead atoms. The van der Waals surface area contributed by atoms with E-state index in [1.54, 1.807) is 30.0 Å². The summed E-state index contributed by atoms with van der Waals surface area (Å²) in [5.74, 6) is -0.683. The average molecular weight is 424 g/mol. The van der Waals surface area contributed by atoms with Crippen LogP contribution in [0.4, 0.5) is 4.79 Å². The second-order valence-corrected chi connectivity index (χ2v) is 7.93. The first-order chi connectivity index (χ1) is 12.2. The van der Waals surface area contributed by atoms with Gasteiger partial charge in [-0.3, -0.25) is 14.5 Å². The van der Waals surface area contributed by atoms with E-state index in [-0.39, 0.29) is 24.7 Å². The van der Waals surface area contributed by atoms with Crippen molar-refractivity contribution in [2.75, 3.05) is 19.6 Å². The average Bonchev–Trinajstić information content (AvgIpc) is 2.78. The Labute approximate surface area is 160 Å². The molecule has 0 spiro atoms. The fourth-order valence-corrected chi connectivity index (χ4v) is 3.85. The number of morpholine rings is 1. The van der Waals surface area contributed by atoms with Crippen LogP contribution in [0.5, 0.6) is 0 Å². The minimum atomic E-state index is -1.19. The first kappa shape index (κ1) is 18.8. The molecule has 1 aromatic carbocycles. The number of carbonyl (C=O) groups excluding carboxylic acids is 3. The van der Waals surface area contributed by atoms with E-state index in [9.17, 15) is 14.4 Å². The molecule has 3 atom stereocenters. The van der Waals surface area contributed by atoms with Gasteiger partial charge in [0.2, 0.25) is 5.91 Å². The lowest BCUT2D eigenvalue weighted by Crippen LogP contribution is -2.52. The number of ether oxygens (including phenoxy) is 1. The molecule has 3 rings (SSSR count). The molecule has 2 fully saturated rings. The van der Waals surface area contributed by atoms with Crippen LogP contribution in [0.2, 0.25) is 0 Å². The van der Waals surface area contributed by atoms with Gasteiger partial charge in [0, 0.05) is 17.6 Å². The van der Waals surface area contributed by atoms with Gasteiger partial charge in [-0.1, -0.05) is 28.1 Å². The molecule has 2 aliphatic rings. The van der Waals surface area contributed by atoms with E-state index in [1.807, 2.05) is 19.9 Å². The summed E-state index contributed by atoms with van der Waals surface area (Å²) >= 11 is 3.38. The number of hydrogen-bond acceptors (Lipinski definition) is 4. The van der Waals surface area contributed by atoms with Crippen molar-refractivity contribution in [1.29, 1.82) is 0 Å². The summed E-state index contributed by atoms with van der Waals surface area (Å²) in [4.78, 5) is 40.6. The smallest absolute Gasteiger partial charge is 0.325 e. The van der Waals surface area contributed by atoms with Gasteiger partial charge in [0.15, 0.2) is 0 Å². The zero-order valence-electron chi connectivity index (χ0n) is 15.0. The SMILES string of the molecule is CC1CN(C(=O)CN2C(=O)NC(C)(c3cccc(Br)c3)C2=O)CC(C)O1. The Hall–Kier alpha value is -1.93. The Balaban J connectivity index is 1.76. The summed E-state index contributed by atoms with van der Waals surface area (Å²) in [6.07, 6.45) is -0.143. The van der Waals surface area contributed by atoms with Crippen LogP contribution in [0.25, 0.3) is 0 Å². The second kappa shape index (κ2) is 7.00. The lowest BCUT2D eigenvalue weighted by molar-refractivity contribution is -0.146. The summed E-state index contributed by atoms with van der Waals surface area (Å²) < 4.78 is 6.43. The molecule has 140 valence electrons. The van der Waals surface area contributed by atoms with Crippen molar-refractivity contribution in [2.45, 2.75) is 38.5 Å². The summed E-state index contributed by atoms with van der Waals surface area (Å²) in [6, 6.07) is 6.65.